The number of ether oxygens (including phenoxy) is 3. The number of carbonyl (C=O) groups excluding carboxylic acids is 1. The highest BCUT2D eigenvalue weighted by molar-refractivity contribution is 5.90. The van der Waals surface area contributed by atoms with E-state index in [1.54, 1.807) is 0 Å². The molecule has 1 aliphatic heterocycles. The topological polar surface area (TPSA) is 44.8 Å². The van der Waals surface area contributed by atoms with Crippen LogP contribution in [0.2, 0.25) is 0 Å². The van der Waals surface area contributed by atoms with Gasteiger partial charge in [0.2, 0.25) is 0 Å². The lowest BCUT2D eigenvalue weighted by atomic mass is 10.0. The molecule has 2 aromatic rings. The molecule has 3 rings (SSSR count). The Morgan fingerprint density at radius 2 is 1.71 bits per heavy atom. The first-order valence-corrected chi connectivity index (χ1v) is 10.2. The van der Waals surface area contributed by atoms with Crippen molar-refractivity contribution in [3.63, 3.8) is 0 Å². The summed E-state index contributed by atoms with van der Waals surface area (Å²) in [5.74, 6) is 1.12. The van der Waals surface area contributed by atoms with Gasteiger partial charge in [-0.05, 0) is 48.7 Å². The van der Waals surface area contributed by atoms with Crippen LogP contribution in [0.4, 0.5) is 13.2 Å². The number of hydrogen-bond acceptors (Lipinski definition) is 4. The second kappa shape index (κ2) is 11.0. The summed E-state index contributed by atoms with van der Waals surface area (Å²) in [4.78, 5) is 11.8. The molecule has 0 saturated carbocycles. The summed E-state index contributed by atoms with van der Waals surface area (Å²) in [5, 5.41) is 0. The normalized spacial score (nSPS) is 18.2. The standard InChI is InChI=1S/C24H23F3O4/c1-2-3-4-5-16-14-29-24(30-15-16)17-12-21(26)20(22(27)13-17)10-11-23(28)31-19-8-6-18(25)7-9-19/h6-9,12-13,16,24H,2-5,14-15H2,1H3. The fraction of sp³-hybridized carbons (Fsp3) is 0.375. The molecule has 0 radical (unpaired) electrons. The molecule has 0 unspecified atom stereocenters. The van der Waals surface area contributed by atoms with Crippen molar-refractivity contribution in [1.29, 1.82) is 0 Å². The van der Waals surface area contributed by atoms with Crippen molar-refractivity contribution >= 4 is 5.97 Å². The van der Waals surface area contributed by atoms with Gasteiger partial charge in [-0.25, -0.2) is 18.0 Å². The third kappa shape index (κ3) is 6.58. The van der Waals surface area contributed by atoms with Crippen LogP contribution in [-0.4, -0.2) is 19.2 Å². The van der Waals surface area contributed by atoms with Crippen LogP contribution in [0.1, 0.15) is 50.0 Å². The molecule has 0 N–H and O–H groups in total. The molecule has 7 heteroatoms. The van der Waals surface area contributed by atoms with Gasteiger partial charge in [0.25, 0.3) is 0 Å². The van der Waals surface area contributed by atoms with Crippen LogP contribution in [0, 0.1) is 35.2 Å². The van der Waals surface area contributed by atoms with Crippen molar-refractivity contribution in [1.82, 2.24) is 0 Å². The molecule has 1 fully saturated rings. The maximum absolute atomic E-state index is 14.4. The van der Waals surface area contributed by atoms with Gasteiger partial charge in [-0.15, -0.1) is 0 Å². The Labute approximate surface area is 179 Å². The van der Waals surface area contributed by atoms with Crippen LogP contribution >= 0.6 is 0 Å². The number of esters is 1. The lowest BCUT2D eigenvalue weighted by Gasteiger charge is -2.29. The molecule has 0 spiro atoms. The van der Waals surface area contributed by atoms with Gasteiger partial charge in [0.1, 0.15) is 23.2 Å². The van der Waals surface area contributed by atoms with E-state index < -0.39 is 35.3 Å². The van der Waals surface area contributed by atoms with Crippen molar-refractivity contribution in [2.24, 2.45) is 5.92 Å². The maximum Gasteiger partial charge on any atom is 0.390 e. The van der Waals surface area contributed by atoms with Crippen LogP contribution in [0.3, 0.4) is 0 Å². The third-order valence-electron chi connectivity index (χ3n) is 4.83. The fourth-order valence-corrected chi connectivity index (χ4v) is 3.18. The summed E-state index contributed by atoms with van der Waals surface area (Å²) >= 11 is 0. The quantitative estimate of drug-likeness (QED) is 0.269. The van der Waals surface area contributed by atoms with E-state index in [2.05, 4.69) is 12.8 Å². The Morgan fingerprint density at radius 1 is 1.06 bits per heavy atom. The molecule has 0 aliphatic carbocycles. The molecule has 0 atom stereocenters. The summed E-state index contributed by atoms with van der Waals surface area (Å²) in [6.45, 7) is 3.07. The van der Waals surface area contributed by atoms with Gasteiger partial charge in [0.15, 0.2) is 6.29 Å². The lowest BCUT2D eigenvalue weighted by molar-refractivity contribution is -0.206. The molecule has 2 aromatic carbocycles. The first-order valence-electron chi connectivity index (χ1n) is 10.2. The van der Waals surface area contributed by atoms with E-state index in [1.165, 1.54) is 12.1 Å². The highest BCUT2D eigenvalue weighted by Crippen LogP contribution is 2.29. The lowest BCUT2D eigenvalue weighted by Crippen LogP contribution is -2.27. The van der Waals surface area contributed by atoms with Crippen molar-refractivity contribution in [2.75, 3.05) is 13.2 Å². The SMILES string of the molecule is CCCCCC1COC(c2cc(F)c(C#CC(=O)Oc3ccc(F)cc3)c(F)c2)OC1. The molecule has 0 aromatic heterocycles. The Bertz CT molecular complexity index is 932. The summed E-state index contributed by atoms with van der Waals surface area (Å²) < 4.78 is 57.9. The van der Waals surface area contributed by atoms with Crippen LogP contribution < -0.4 is 4.74 Å². The highest BCUT2D eigenvalue weighted by Gasteiger charge is 2.25. The number of unbranched alkanes of at least 4 members (excludes halogenated alkanes) is 2. The van der Waals surface area contributed by atoms with Gasteiger partial charge in [-0.1, -0.05) is 26.2 Å². The largest absolute Gasteiger partial charge is 0.417 e. The molecule has 31 heavy (non-hydrogen) atoms. The summed E-state index contributed by atoms with van der Waals surface area (Å²) in [6.07, 6.45) is 3.52. The number of halogens is 3. The molecular weight excluding hydrogens is 409 g/mol. The molecule has 164 valence electrons. The predicted molar refractivity (Wildman–Crippen MR) is 108 cm³/mol. The molecule has 0 bridgehead atoms. The molecule has 4 nitrogen and oxygen atoms in total. The molecule has 1 aliphatic rings. The smallest absolute Gasteiger partial charge is 0.390 e. The van der Waals surface area contributed by atoms with Crippen LogP contribution in [-0.2, 0) is 14.3 Å². The highest BCUT2D eigenvalue weighted by atomic mass is 19.1. The third-order valence-corrected chi connectivity index (χ3v) is 4.83. The van der Waals surface area contributed by atoms with E-state index in [4.69, 9.17) is 14.2 Å². The van der Waals surface area contributed by atoms with Crippen molar-refractivity contribution in [2.45, 2.75) is 38.9 Å². The Balaban J connectivity index is 1.61. The Morgan fingerprint density at radius 3 is 2.32 bits per heavy atom. The van der Waals surface area contributed by atoms with Gasteiger partial charge in [-0.2, -0.15) is 0 Å². The first-order chi connectivity index (χ1) is 15.0. The number of benzene rings is 2. The zero-order chi connectivity index (χ0) is 22.2. The average molecular weight is 432 g/mol. The van der Waals surface area contributed by atoms with Gasteiger partial charge in [0, 0.05) is 17.4 Å². The van der Waals surface area contributed by atoms with E-state index in [0.717, 1.165) is 49.9 Å². The summed E-state index contributed by atoms with van der Waals surface area (Å²) in [7, 11) is 0. The molecule has 0 amide bonds. The van der Waals surface area contributed by atoms with Gasteiger partial charge in [-0.3, -0.25) is 0 Å². The molecule has 1 heterocycles. The minimum atomic E-state index is -1.03. The predicted octanol–water partition coefficient (Wildman–Crippen LogP) is 5.30. The number of hydrogen-bond donors (Lipinski definition) is 0. The molecule has 1 saturated heterocycles. The maximum atomic E-state index is 14.4. The molecular formula is C24H23F3O4. The van der Waals surface area contributed by atoms with E-state index >= 15 is 0 Å². The zero-order valence-electron chi connectivity index (χ0n) is 17.1. The van der Waals surface area contributed by atoms with E-state index in [1.807, 2.05) is 5.92 Å². The summed E-state index contributed by atoms with van der Waals surface area (Å²) in [5.41, 5.74) is -0.352. The zero-order valence-corrected chi connectivity index (χ0v) is 17.1. The second-order valence-corrected chi connectivity index (χ2v) is 7.31. The van der Waals surface area contributed by atoms with E-state index in [9.17, 15) is 18.0 Å². The summed E-state index contributed by atoms with van der Waals surface area (Å²) in [6, 6.07) is 6.86. The Hall–Kier alpha value is -2.82. The monoisotopic (exact) mass is 432 g/mol. The van der Waals surface area contributed by atoms with Gasteiger partial charge in [0.05, 0.1) is 18.8 Å². The number of rotatable bonds is 6. The minimum absolute atomic E-state index is 0.0663. The Kier molecular flexibility index (Phi) is 8.10. The minimum Gasteiger partial charge on any atom is -0.417 e. The van der Waals surface area contributed by atoms with Crippen molar-refractivity contribution in [3.05, 3.63) is 65.0 Å². The van der Waals surface area contributed by atoms with Crippen LogP contribution in [0.15, 0.2) is 36.4 Å². The number of carbonyl (C=O) groups is 1. The van der Waals surface area contributed by atoms with Crippen molar-refractivity contribution in [3.8, 4) is 17.6 Å². The second-order valence-electron chi connectivity index (χ2n) is 7.31. The van der Waals surface area contributed by atoms with Crippen LogP contribution in [0.5, 0.6) is 5.75 Å². The fourth-order valence-electron chi connectivity index (χ4n) is 3.18. The average Bonchev–Trinajstić information content (AvgIpc) is 2.75. The van der Waals surface area contributed by atoms with Crippen LogP contribution in [0.25, 0.3) is 0 Å². The first kappa shape index (κ1) is 22.9. The van der Waals surface area contributed by atoms with E-state index in [-0.39, 0.29) is 17.2 Å². The van der Waals surface area contributed by atoms with Crippen molar-refractivity contribution < 1.29 is 32.2 Å². The van der Waals surface area contributed by atoms with Gasteiger partial charge >= 0.3 is 5.97 Å². The van der Waals surface area contributed by atoms with Gasteiger partial charge < -0.3 is 14.2 Å². The van der Waals surface area contributed by atoms with E-state index in [0.29, 0.717) is 13.2 Å².